The van der Waals surface area contributed by atoms with Crippen molar-refractivity contribution in [2.75, 3.05) is 6.61 Å². The summed E-state index contributed by atoms with van der Waals surface area (Å²) in [6.07, 6.45) is 6.40. The molecule has 0 aliphatic heterocycles. The summed E-state index contributed by atoms with van der Waals surface area (Å²) in [4.78, 5) is 4.38. The third-order valence-corrected chi connectivity index (χ3v) is 4.12. The molecule has 1 aromatic carbocycles. The Morgan fingerprint density at radius 1 is 1.41 bits per heavy atom. The van der Waals surface area contributed by atoms with E-state index < -0.39 is 0 Å². The van der Waals surface area contributed by atoms with Crippen LogP contribution in [0.2, 0.25) is 0 Å². The highest BCUT2D eigenvalue weighted by Crippen LogP contribution is 2.43. The number of hydrogen-bond donors (Lipinski definition) is 1. The molecule has 3 heteroatoms. The molecule has 1 aromatic heterocycles. The number of hydrogen-bond acceptors (Lipinski definition) is 2. The van der Waals surface area contributed by atoms with Crippen molar-refractivity contribution in [2.24, 2.45) is 12.5 Å². The van der Waals surface area contributed by atoms with Gasteiger partial charge in [-0.05, 0) is 42.4 Å². The molecule has 1 N–H and O–H groups in total. The van der Waals surface area contributed by atoms with Gasteiger partial charge in [0.2, 0.25) is 0 Å². The van der Waals surface area contributed by atoms with Gasteiger partial charge in [-0.25, -0.2) is 4.98 Å². The molecule has 2 aromatic rings. The molecule has 17 heavy (non-hydrogen) atoms. The maximum atomic E-state index is 9.50. The molecule has 0 saturated heterocycles. The Kier molecular flexibility index (Phi) is 2.44. The number of aromatic nitrogens is 2. The minimum absolute atomic E-state index is 0.155. The fourth-order valence-electron chi connectivity index (χ4n) is 2.79. The number of nitrogens with zero attached hydrogens (tertiary/aromatic N) is 2. The lowest BCUT2D eigenvalue weighted by molar-refractivity contribution is 0.0450. The molecule has 0 unspecified atom stereocenters. The van der Waals surface area contributed by atoms with Crippen molar-refractivity contribution in [3.05, 3.63) is 30.1 Å². The molecule has 0 spiro atoms. The second kappa shape index (κ2) is 3.84. The highest BCUT2D eigenvalue weighted by Gasteiger charge is 2.36. The van der Waals surface area contributed by atoms with Crippen LogP contribution in [-0.4, -0.2) is 21.3 Å². The van der Waals surface area contributed by atoms with Crippen molar-refractivity contribution in [2.45, 2.75) is 25.7 Å². The van der Waals surface area contributed by atoms with Crippen molar-refractivity contribution in [3.8, 4) is 0 Å². The van der Waals surface area contributed by atoms with Gasteiger partial charge in [-0.2, -0.15) is 0 Å². The van der Waals surface area contributed by atoms with E-state index >= 15 is 0 Å². The lowest BCUT2D eigenvalue weighted by Gasteiger charge is -2.40. The van der Waals surface area contributed by atoms with E-state index in [0.717, 1.165) is 24.8 Å². The number of rotatable bonds is 3. The number of benzene rings is 1. The van der Waals surface area contributed by atoms with E-state index in [0.29, 0.717) is 6.61 Å². The van der Waals surface area contributed by atoms with Crippen LogP contribution in [0.15, 0.2) is 24.5 Å². The van der Waals surface area contributed by atoms with Gasteiger partial charge in [-0.1, -0.05) is 12.5 Å². The van der Waals surface area contributed by atoms with Gasteiger partial charge in [0.25, 0.3) is 0 Å². The molecule has 0 atom stereocenters. The Labute approximate surface area is 101 Å². The largest absolute Gasteiger partial charge is 0.396 e. The second-order valence-electron chi connectivity index (χ2n) is 5.37. The predicted molar refractivity (Wildman–Crippen MR) is 67.8 cm³/mol. The second-order valence-corrected chi connectivity index (χ2v) is 5.37. The minimum Gasteiger partial charge on any atom is -0.396 e. The Morgan fingerprint density at radius 3 is 2.88 bits per heavy atom. The lowest BCUT2D eigenvalue weighted by atomic mass is 9.66. The summed E-state index contributed by atoms with van der Waals surface area (Å²) in [5, 5.41) is 9.50. The Hall–Kier alpha value is -1.35. The van der Waals surface area contributed by atoms with Crippen molar-refractivity contribution in [1.82, 2.24) is 9.55 Å². The standard InChI is InChI=1S/C14H18N2O/c1-16-10-15-12-7-11(3-4-13(12)16)8-14(9-17)5-2-6-14/h3-4,7,10,17H,2,5-6,8-9H2,1H3. The van der Waals surface area contributed by atoms with Crippen molar-refractivity contribution < 1.29 is 5.11 Å². The minimum atomic E-state index is 0.155. The fourth-order valence-corrected chi connectivity index (χ4v) is 2.79. The fraction of sp³-hybridized carbons (Fsp3) is 0.500. The molecule has 0 amide bonds. The van der Waals surface area contributed by atoms with Crippen LogP contribution in [0.1, 0.15) is 24.8 Å². The van der Waals surface area contributed by atoms with E-state index in [2.05, 4.69) is 23.2 Å². The van der Waals surface area contributed by atoms with E-state index in [1.165, 1.54) is 17.5 Å². The van der Waals surface area contributed by atoms with E-state index in [1.807, 2.05) is 17.9 Å². The van der Waals surface area contributed by atoms with Crippen LogP contribution in [0.4, 0.5) is 0 Å². The van der Waals surface area contributed by atoms with Gasteiger partial charge in [0.05, 0.1) is 17.4 Å². The maximum absolute atomic E-state index is 9.50. The molecular weight excluding hydrogens is 212 g/mol. The van der Waals surface area contributed by atoms with Crippen LogP contribution >= 0.6 is 0 Å². The number of imidazole rings is 1. The SMILES string of the molecule is Cn1cnc2cc(CC3(CO)CCC3)ccc21. The van der Waals surface area contributed by atoms with Crippen LogP contribution in [0, 0.1) is 5.41 Å². The number of aliphatic hydroxyl groups excluding tert-OH is 1. The first-order valence-corrected chi connectivity index (χ1v) is 6.23. The molecule has 1 fully saturated rings. The van der Waals surface area contributed by atoms with Crippen LogP contribution < -0.4 is 0 Å². The summed E-state index contributed by atoms with van der Waals surface area (Å²) in [6.45, 7) is 0.313. The number of aliphatic hydroxyl groups is 1. The molecule has 1 heterocycles. The highest BCUT2D eigenvalue weighted by atomic mass is 16.3. The molecule has 0 bridgehead atoms. The van der Waals surface area contributed by atoms with Crippen LogP contribution in [0.25, 0.3) is 11.0 Å². The van der Waals surface area contributed by atoms with Gasteiger partial charge < -0.3 is 9.67 Å². The normalized spacial score (nSPS) is 18.2. The summed E-state index contributed by atoms with van der Waals surface area (Å²) in [5.41, 5.74) is 3.67. The molecule has 3 nitrogen and oxygen atoms in total. The van der Waals surface area contributed by atoms with Crippen LogP contribution in [0.5, 0.6) is 0 Å². The summed E-state index contributed by atoms with van der Waals surface area (Å²) in [5.74, 6) is 0. The van der Waals surface area contributed by atoms with Gasteiger partial charge in [0.15, 0.2) is 0 Å². The van der Waals surface area contributed by atoms with Gasteiger partial charge >= 0.3 is 0 Å². The van der Waals surface area contributed by atoms with Gasteiger partial charge in [-0.15, -0.1) is 0 Å². The molecule has 3 rings (SSSR count). The molecular formula is C14H18N2O. The Balaban J connectivity index is 1.90. The first-order chi connectivity index (χ1) is 8.22. The lowest BCUT2D eigenvalue weighted by Crippen LogP contribution is -2.35. The smallest absolute Gasteiger partial charge is 0.0955 e. The predicted octanol–water partition coefficient (Wildman–Crippen LogP) is 2.28. The maximum Gasteiger partial charge on any atom is 0.0955 e. The molecule has 1 saturated carbocycles. The Bertz CT molecular complexity index is 535. The van der Waals surface area contributed by atoms with Gasteiger partial charge in [-0.3, -0.25) is 0 Å². The van der Waals surface area contributed by atoms with E-state index in [4.69, 9.17) is 0 Å². The molecule has 90 valence electrons. The van der Waals surface area contributed by atoms with Gasteiger partial charge in [0, 0.05) is 13.7 Å². The van der Waals surface area contributed by atoms with Gasteiger partial charge in [0.1, 0.15) is 0 Å². The van der Waals surface area contributed by atoms with E-state index in [9.17, 15) is 5.11 Å². The molecule has 1 aliphatic rings. The topological polar surface area (TPSA) is 38.0 Å². The summed E-state index contributed by atoms with van der Waals surface area (Å²) in [7, 11) is 2.01. The quantitative estimate of drug-likeness (QED) is 0.878. The average molecular weight is 230 g/mol. The first-order valence-electron chi connectivity index (χ1n) is 6.23. The number of aryl methyl sites for hydroxylation is 1. The van der Waals surface area contributed by atoms with Crippen molar-refractivity contribution >= 4 is 11.0 Å². The molecule has 1 aliphatic carbocycles. The summed E-state index contributed by atoms with van der Waals surface area (Å²) in [6, 6.07) is 6.45. The zero-order chi connectivity index (χ0) is 11.9. The first kappa shape index (κ1) is 10.8. The summed E-state index contributed by atoms with van der Waals surface area (Å²) >= 11 is 0. The monoisotopic (exact) mass is 230 g/mol. The zero-order valence-electron chi connectivity index (χ0n) is 10.2. The third-order valence-electron chi connectivity index (χ3n) is 4.12. The number of fused-ring (bicyclic) bond motifs is 1. The highest BCUT2D eigenvalue weighted by molar-refractivity contribution is 5.75. The van der Waals surface area contributed by atoms with Crippen molar-refractivity contribution in [3.63, 3.8) is 0 Å². The van der Waals surface area contributed by atoms with Crippen molar-refractivity contribution in [1.29, 1.82) is 0 Å². The summed E-state index contributed by atoms with van der Waals surface area (Å²) < 4.78 is 2.03. The third kappa shape index (κ3) is 1.75. The molecule has 0 radical (unpaired) electrons. The van der Waals surface area contributed by atoms with E-state index in [1.54, 1.807) is 0 Å². The van der Waals surface area contributed by atoms with Crippen LogP contribution in [-0.2, 0) is 13.5 Å². The average Bonchev–Trinajstić information content (AvgIpc) is 2.65. The zero-order valence-corrected chi connectivity index (χ0v) is 10.2. The van der Waals surface area contributed by atoms with E-state index in [-0.39, 0.29) is 5.41 Å². The van der Waals surface area contributed by atoms with Crippen LogP contribution in [0.3, 0.4) is 0 Å². The Morgan fingerprint density at radius 2 is 2.24 bits per heavy atom.